The third-order valence-electron chi connectivity index (χ3n) is 4.56. The van der Waals surface area contributed by atoms with E-state index in [1.54, 1.807) is 24.3 Å². The summed E-state index contributed by atoms with van der Waals surface area (Å²) in [6, 6.07) is 12.3. The van der Waals surface area contributed by atoms with Gasteiger partial charge in [-0.2, -0.15) is 0 Å². The number of carbonyl (C=O) groups is 1. The molecule has 0 unspecified atom stereocenters. The molecule has 26 heavy (non-hydrogen) atoms. The fourth-order valence-corrected chi connectivity index (χ4v) is 4.56. The molecule has 0 aromatic heterocycles. The number of aryl methyl sites for hydroxylation is 2. The maximum absolute atomic E-state index is 13.1. The summed E-state index contributed by atoms with van der Waals surface area (Å²) in [7, 11) is -3.60. The van der Waals surface area contributed by atoms with Crippen molar-refractivity contribution in [2.45, 2.75) is 38.5 Å². The fourth-order valence-electron chi connectivity index (χ4n) is 3.01. The van der Waals surface area contributed by atoms with E-state index in [1.165, 1.54) is 4.31 Å². The molecule has 2 aromatic carbocycles. The molecule has 2 aromatic rings. The van der Waals surface area contributed by atoms with Crippen molar-refractivity contribution in [1.82, 2.24) is 0 Å². The molecule has 0 spiro atoms. The van der Waals surface area contributed by atoms with Crippen LogP contribution in [0.1, 0.15) is 31.4 Å². The number of hydrogen-bond donors (Lipinski definition) is 1. The monoisotopic (exact) mass is 372 g/mol. The van der Waals surface area contributed by atoms with E-state index >= 15 is 0 Å². The van der Waals surface area contributed by atoms with E-state index in [0.29, 0.717) is 22.8 Å². The third kappa shape index (κ3) is 3.60. The van der Waals surface area contributed by atoms with Crippen LogP contribution in [0.15, 0.2) is 47.4 Å². The van der Waals surface area contributed by atoms with E-state index in [-0.39, 0.29) is 11.8 Å². The van der Waals surface area contributed by atoms with Crippen molar-refractivity contribution < 1.29 is 13.2 Å². The van der Waals surface area contributed by atoms with Crippen molar-refractivity contribution >= 4 is 27.3 Å². The van der Waals surface area contributed by atoms with Crippen molar-refractivity contribution in [2.24, 2.45) is 5.92 Å². The minimum absolute atomic E-state index is 0.0510. The molecule has 1 heterocycles. The Morgan fingerprint density at radius 2 is 1.81 bits per heavy atom. The van der Waals surface area contributed by atoms with Crippen LogP contribution >= 0.6 is 0 Å². The standard InChI is InChI=1S/C20H24N2O3S/c1-14(2)20(23)21-17-8-11-19-16(13-17)5-4-12-22(19)26(24,25)18-9-6-15(3)7-10-18/h6-11,13-14H,4-5,12H2,1-3H3,(H,21,23). The molecule has 6 heteroatoms. The fraction of sp³-hybridized carbons (Fsp3) is 0.350. The first-order valence-corrected chi connectivity index (χ1v) is 10.3. The molecule has 5 nitrogen and oxygen atoms in total. The number of amides is 1. The summed E-state index contributed by atoms with van der Waals surface area (Å²) in [6.45, 7) is 6.06. The molecule has 0 bridgehead atoms. The number of hydrogen-bond acceptors (Lipinski definition) is 3. The summed E-state index contributed by atoms with van der Waals surface area (Å²) in [5, 5.41) is 2.88. The van der Waals surface area contributed by atoms with Crippen LogP contribution in [-0.4, -0.2) is 20.9 Å². The van der Waals surface area contributed by atoms with E-state index in [4.69, 9.17) is 0 Å². The zero-order valence-corrected chi connectivity index (χ0v) is 16.1. The summed E-state index contributed by atoms with van der Waals surface area (Å²) in [5.74, 6) is -0.158. The first-order chi connectivity index (χ1) is 12.3. The minimum atomic E-state index is -3.60. The van der Waals surface area contributed by atoms with Gasteiger partial charge in [-0.05, 0) is 55.7 Å². The molecule has 1 aliphatic rings. The van der Waals surface area contributed by atoms with Crippen molar-refractivity contribution in [1.29, 1.82) is 0 Å². The van der Waals surface area contributed by atoms with Crippen molar-refractivity contribution in [2.75, 3.05) is 16.2 Å². The van der Waals surface area contributed by atoms with Crippen LogP contribution in [-0.2, 0) is 21.2 Å². The summed E-state index contributed by atoms with van der Waals surface area (Å²) in [6.07, 6.45) is 1.54. The largest absolute Gasteiger partial charge is 0.326 e. The van der Waals surface area contributed by atoms with E-state index in [0.717, 1.165) is 24.0 Å². The number of rotatable bonds is 4. The SMILES string of the molecule is Cc1ccc(S(=O)(=O)N2CCCc3cc(NC(=O)C(C)C)ccc32)cc1. The lowest BCUT2D eigenvalue weighted by molar-refractivity contribution is -0.118. The average Bonchev–Trinajstić information content (AvgIpc) is 2.61. The predicted molar refractivity (Wildman–Crippen MR) is 104 cm³/mol. The topological polar surface area (TPSA) is 66.5 Å². The number of sulfonamides is 1. The van der Waals surface area contributed by atoms with Crippen LogP contribution in [0.2, 0.25) is 0 Å². The molecule has 0 atom stereocenters. The Kier molecular flexibility index (Phi) is 5.05. The maximum Gasteiger partial charge on any atom is 0.264 e. The molecule has 0 fully saturated rings. The average molecular weight is 372 g/mol. The smallest absolute Gasteiger partial charge is 0.264 e. The molecule has 138 valence electrons. The molecule has 1 aliphatic heterocycles. The summed E-state index contributed by atoms with van der Waals surface area (Å²) < 4.78 is 27.6. The van der Waals surface area contributed by atoms with Crippen molar-refractivity contribution in [3.05, 3.63) is 53.6 Å². The highest BCUT2D eigenvalue weighted by Gasteiger charge is 2.29. The molecule has 0 aliphatic carbocycles. The maximum atomic E-state index is 13.1. The lowest BCUT2D eigenvalue weighted by Crippen LogP contribution is -2.35. The second-order valence-corrected chi connectivity index (χ2v) is 8.84. The van der Waals surface area contributed by atoms with Gasteiger partial charge in [-0.3, -0.25) is 9.10 Å². The van der Waals surface area contributed by atoms with Gasteiger partial charge in [-0.25, -0.2) is 8.42 Å². The number of carbonyl (C=O) groups excluding carboxylic acids is 1. The molecule has 1 N–H and O–H groups in total. The summed E-state index contributed by atoms with van der Waals surface area (Å²) in [4.78, 5) is 12.2. The van der Waals surface area contributed by atoms with Gasteiger partial charge in [0.2, 0.25) is 5.91 Å². The quantitative estimate of drug-likeness (QED) is 0.889. The number of nitrogens with zero attached hydrogens (tertiary/aromatic N) is 1. The molecule has 3 rings (SSSR count). The minimum Gasteiger partial charge on any atom is -0.326 e. The van der Waals surface area contributed by atoms with Crippen LogP contribution in [0.5, 0.6) is 0 Å². The number of nitrogens with one attached hydrogen (secondary N) is 1. The first kappa shape index (κ1) is 18.5. The highest BCUT2D eigenvalue weighted by atomic mass is 32.2. The van der Waals surface area contributed by atoms with E-state index in [9.17, 15) is 13.2 Å². The summed E-state index contributed by atoms with van der Waals surface area (Å²) in [5.41, 5.74) is 3.36. The van der Waals surface area contributed by atoms with Crippen LogP contribution in [0.3, 0.4) is 0 Å². The van der Waals surface area contributed by atoms with Gasteiger partial charge < -0.3 is 5.32 Å². The molecule has 0 radical (unpaired) electrons. The van der Waals surface area contributed by atoms with E-state index in [2.05, 4.69) is 5.32 Å². The zero-order valence-electron chi connectivity index (χ0n) is 15.3. The molecule has 0 saturated heterocycles. The Bertz CT molecular complexity index is 919. The van der Waals surface area contributed by atoms with Gasteiger partial charge in [0, 0.05) is 18.2 Å². The van der Waals surface area contributed by atoms with Gasteiger partial charge in [-0.15, -0.1) is 0 Å². The lowest BCUT2D eigenvalue weighted by Gasteiger charge is -2.31. The van der Waals surface area contributed by atoms with Crippen LogP contribution in [0, 0.1) is 12.8 Å². The van der Waals surface area contributed by atoms with E-state index in [1.807, 2.05) is 39.0 Å². The zero-order chi connectivity index (χ0) is 18.9. The van der Waals surface area contributed by atoms with E-state index < -0.39 is 10.0 Å². The lowest BCUT2D eigenvalue weighted by atomic mass is 10.0. The van der Waals surface area contributed by atoms with Crippen LogP contribution in [0.25, 0.3) is 0 Å². The number of benzene rings is 2. The second kappa shape index (κ2) is 7.11. The highest BCUT2D eigenvalue weighted by molar-refractivity contribution is 7.92. The molecule has 0 saturated carbocycles. The van der Waals surface area contributed by atoms with Crippen molar-refractivity contribution in [3.8, 4) is 0 Å². The Morgan fingerprint density at radius 3 is 2.46 bits per heavy atom. The van der Waals surface area contributed by atoms with Crippen LogP contribution < -0.4 is 9.62 Å². The predicted octanol–water partition coefficient (Wildman–Crippen LogP) is 3.73. The molecular formula is C20H24N2O3S. The summed E-state index contributed by atoms with van der Waals surface area (Å²) >= 11 is 0. The number of anilines is 2. The normalized spacial score (nSPS) is 14.2. The third-order valence-corrected chi connectivity index (χ3v) is 6.38. The molecule has 1 amide bonds. The number of fused-ring (bicyclic) bond motifs is 1. The highest BCUT2D eigenvalue weighted by Crippen LogP contribution is 2.33. The Balaban J connectivity index is 1.94. The Morgan fingerprint density at radius 1 is 1.12 bits per heavy atom. The van der Waals surface area contributed by atoms with Gasteiger partial charge in [0.15, 0.2) is 0 Å². The van der Waals surface area contributed by atoms with Gasteiger partial charge in [-0.1, -0.05) is 31.5 Å². The first-order valence-electron chi connectivity index (χ1n) is 8.82. The van der Waals surface area contributed by atoms with Crippen LogP contribution in [0.4, 0.5) is 11.4 Å². The van der Waals surface area contributed by atoms with Crippen molar-refractivity contribution in [3.63, 3.8) is 0 Å². The van der Waals surface area contributed by atoms with Gasteiger partial charge in [0.25, 0.3) is 10.0 Å². The van der Waals surface area contributed by atoms with Gasteiger partial charge >= 0.3 is 0 Å². The second-order valence-electron chi connectivity index (χ2n) is 6.98. The Labute approximate surface area is 155 Å². The Hall–Kier alpha value is -2.34. The van der Waals surface area contributed by atoms with Gasteiger partial charge in [0.05, 0.1) is 10.6 Å². The van der Waals surface area contributed by atoms with Gasteiger partial charge in [0.1, 0.15) is 0 Å². The molecular weight excluding hydrogens is 348 g/mol.